The Bertz CT molecular complexity index is 1140. The Morgan fingerprint density at radius 1 is 1.16 bits per heavy atom. The molecule has 0 spiro atoms. The van der Waals surface area contributed by atoms with E-state index in [0.717, 1.165) is 35.2 Å². The molecule has 1 saturated heterocycles. The lowest BCUT2D eigenvalue weighted by atomic mass is 9.99. The number of aromatic nitrogens is 2. The molecule has 1 atom stereocenters. The number of carbonyl (C=O) groups is 1. The number of nitrogens with zero attached hydrogens (tertiary/aromatic N) is 4. The third-order valence-electron chi connectivity index (χ3n) is 6.16. The van der Waals surface area contributed by atoms with Gasteiger partial charge in [0.1, 0.15) is 5.82 Å². The van der Waals surface area contributed by atoms with Gasteiger partial charge in [-0.1, -0.05) is 30.3 Å². The first kappa shape index (κ1) is 21.9. The topological polar surface area (TPSA) is 49.3 Å². The monoisotopic (exact) mass is 432 g/mol. The molecule has 0 N–H and O–H groups in total. The number of rotatable bonds is 5. The van der Waals surface area contributed by atoms with Crippen LogP contribution >= 0.6 is 0 Å². The minimum absolute atomic E-state index is 0.0889. The smallest absolute Gasteiger partial charge is 0.227 e. The third kappa shape index (κ3) is 4.49. The third-order valence-corrected chi connectivity index (χ3v) is 6.16. The minimum Gasteiger partial charge on any atom is -0.347 e. The highest BCUT2D eigenvalue weighted by Crippen LogP contribution is 2.37. The van der Waals surface area contributed by atoms with E-state index >= 15 is 0 Å². The molecule has 0 radical (unpaired) electrons. The summed E-state index contributed by atoms with van der Waals surface area (Å²) < 4.78 is 14.0. The normalized spacial score (nSPS) is 15.8. The van der Waals surface area contributed by atoms with Crippen LogP contribution in [0.4, 0.5) is 10.3 Å². The van der Waals surface area contributed by atoms with Crippen LogP contribution in [0.5, 0.6) is 0 Å². The number of carbonyl (C=O) groups excluding carboxylic acids is 1. The Morgan fingerprint density at radius 2 is 1.97 bits per heavy atom. The van der Waals surface area contributed by atoms with Crippen molar-refractivity contribution in [1.29, 1.82) is 0 Å². The number of likely N-dealkylation sites (tertiary alicyclic amines) is 1. The van der Waals surface area contributed by atoms with E-state index in [1.807, 2.05) is 36.0 Å². The van der Waals surface area contributed by atoms with Crippen molar-refractivity contribution in [2.24, 2.45) is 0 Å². The van der Waals surface area contributed by atoms with Crippen LogP contribution in [0.25, 0.3) is 11.1 Å². The Morgan fingerprint density at radius 3 is 2.69 bits per heavy atom. The molecule has 5 nitrogen and oxygen atoms in total. The number of amides is 1. The molecule has 2 aromatic carbocycles. The summed E-state index contributed by atoms with van der Waals surface area (Å²) in [6.45, 7) is 4.83. The summed E-state index contributed by atoms with van der Waals surface area (Å²) in [5, 5.41) is 0. The lowest BCUT2D eigenvalue weighted by Crippen LogP contribution is -2.33. The summed E-state index contributed by atoms with van der Waals surface area (Å²) in [5.41, 5.74) is 5.70. The molecule has 0 aliphatic carbocycles. The average molecular weight is 433 g/mol. The quantitative estimate of drug-likeness (QED) is 0.577. The maximum absolute atomic E-state index is 14.0. The summed E-state index contributed by atoms with van der Waals surface area (Å²) in [6, 6.07) is 12.5. The molecule has 0 unspecified atom stereocenters. The van der Waals surface area contributed by atoms with Crippen molar-refractivity contribution < 1.29 is 9.18 Å². The fourth-order valence-electron chi connectivity index (χ4n) is 4.27. The molecule has 0 bridgehead atoms. The molecule has 166 valence electrons. The van der Waals surface area contributed by atoms with E-state index < -0.39 is 0 Å². The number of halogens is 1. The number of hydrogen-bond acceptors (Lipinski definition) is 4. The van der Waals surface area contributed by atoms with Gasteiger partial charge in [-0.15, -0.1) is 0 Å². The highest BCUT2D eigenvalue weighted by Gasteiger charge is 2.33. The van der Waals surface area contributed by atoms with Crippen LogP contribution in [0.1, 0.15) is 41.3 Å². The van der Waals surface area contributed by atoms with Gasteiger partial charge in [-0.3, -0.25) is 4.79 Å². The Labute approximate surface area is 188 Å². The predicted molar refractivity (Wildman–Crippen MR) is 125 cm³/mol. The molecule has 32 heavy (non-hydrogen) atoms. The zero-order valence-electron chi connectivity index (χ0n) is 19.1. The van der Waals surface area contributed by atoms with Crippen molar-refractivity contribution in [3.63, 3.8) is 0 Å². The first-order chi connectivity index (χ1) is 15.3. The van der Waals surface area contributed by atoms with E-state index in [9.17, 15) is 9.18 Å². The van der Waals surface area contributed by atoms with Crippen LogP contribution in [0.3, 0.4) is 0 Å². The second-order valence-corrected chi connectivity index (χ2v) is 8.71. The highest BCUT2D eigenvalue weighted by atomic mass is 19.1. The Kier molecular flexibility index (Phi) is 6.21. The van der Waals surface area contributed by atoms with Gasteiger partial charge in [0.15, 0.2) is 0 Å². The summed E-state index contributed by atoms with van der Waals surface area (Å²) >= 11 is 0. The summed E-state index contributed by atoms with van der Waals surface area (Å²) in [5.74, 6) is 0.360. The van der Waals surface area contributed by atoms with Gasteiger partial charge in [-0.25, -0.2) is 14.4 Å². The summed E-state index contributed by atoms with van der Waals surface area (Å²) in [6.07, 6.45) is 3.84. The van der Waals surface area contributed by atoms with Crippen molar-refractivity contribution in [3.05, 3.63) is 76.9 Å². The number of anilines is 1. The van der Waals surface area contributed by atoms with Crippen molar-refractivity contribution in [2.75, 3.05) is 25.5 Å². The maximum atomic E-state index is 14.0. The molecular weight excluding hydrogens is 403 g/mol. The molecule has 3 aromatic rings. The van der Waals surface area contributed by atoms with Gasteiger partial charge in [0, 0.05) is 32.4 Å². The number of aryl methyl sites for hydroxylation is 2. The molecule has 1 aliphatic rings. The van der Waals surface area contributed by atoms with Crippen molar-refractivity contribution in [2.45, 2.75) is 39.2 Å². The summed E-state index contributed by atoms with van der Waals surface area (Å²) in [7, 11) is 3.77. The van der Waals surface area contributed by atoms with Crippen LogP contribution in [0.15, 0.2) is 48.7 Å². The zero-order valence-corrected chi connectivity index (χ0v) is 19.1. The average Bonchev–Trinajstić information content (AvgIpc) is 3.26. The van der Waals surface area contributed by atoms with E-state index in [1.165, 1.54) is 23.3 Å². The van der Waals surface area contributed by atoms with Crippen LogP contribution in [-0.4, -0.2) is 41.4 Å². The van der Waals surface area contributed by atoms with Crippen LogP contribution in [0, 0.1) is 19.7 Å². The van der Waals surface area contributed by atoms with E-state index in [-0.39, 0.29) is 17.8 Å². The van der Waals surface area contributed by atoms with Crippen LogP contribution in [-0.2, 0) is 11.2 Å². The molecule has 1 amide bonds. The van der Waals surface area contributed by atoms with Gasteiger partial charge < -0.3 is 9.80 Å². The molecule has 6 heteroatoms. The largest absolute Gasteiger partial charge is 0.347 e. The lowest BCUT2D eigenvalue weighted by molar-refractivity contribution is -0.131. The van der Waals surface area contributed by atoms with E-state index in [4.69, 9.17) is 4.98 Å². The first-order valence-corrected chi connectivity index (χ1v) is 11.0. The second-order valence-electron chi connectivity index (χ2n) is 8.71. The maximum Gasteiger partial charge on any atom is 0.227 e. The van der Waals surface area contributed by atoms with Crippen LogP contribution < -0.4 is 4.90 Å². The molecule has 1 aromatic heterocycles. The molecule has 4 rings (SSSR count). The number of hydrogen-bond donors (Lipinski definition) is 0. The van der Waals surface area contributed by atoms with Crippen molar-refractivity contribution >= 4 is 11.9 Å². The number of benzene rings is 2. The van der Waals surface area contributed by atoms with Gasteiger partial charge in [-0.2, -0.15) is 0 Å². The molecular formula is C26H29FN4O. The van der Waals surface area contributed by atoms with Gasteiger partial charge >= 0.3 is 0 Å². The van der Waals surface area contributed by atoms with E-state index in [1.54, 1.807) is 12.3 Å². The summed E-state index contributed by atoms with van der Waals surface area (Å²) in [4.78, 5) is 26.4. The predicted octanol–water partition coefficient (Wildman–Crippen LogP) is 4.87. The van der Waals surface area contributed by atoms with Gasteiger partial charge in [-0.05, 0) is 61.1 Å². The SMILES string of the molecule is Cc1ccc(CC(=O)N2CCC[C@H]2c2nc(N(C)C)ncc2-c2cccc(F)c2)cc1C. The molecule has 2 heterocycles. The fourth-order valence-corrected chi connectivity index (χ4v) is 4.27. The van der Waals surface area contributed by atoms with Crippen molar-refractivity contribution in [1.82, 2.24) is 14.9 Å². The Balaban J connectivity index is 1.69. The lowest BCUT2D eigenvalue weighted by Gasteiger charge is -2.27. The van der Waals surface area contributed by atoms with E-state index in [2.05, 4.69) is 31.0 Å². The standard InChI is InChI=1S/C26H29FN4O/c1-17-10-11-19(13-18(17)2)14-24(32)31-12-6-9-23(31)25-22(16-28-26(29-25)30(3)4)20-7-5-8-21(27)15-20/h5,7-8,10-11,13,15-16,23H,6,9,12,14H2,1-4H3/t23-/m0/s1. The molecule has 1 fully saturated rings. The van der Waals surface area contributed by atoms with Gasteiger partial charge in [0.25, 0.3) is 0 Å². The minimum atomic E-state index is -0.306. The molecule has 1 aliphatic heterocycles. The van der Waals surface area contributed by atoms with Crippen LogP contribution in [0.2, 0.25) is 0 Å². The van der Waals surface area contributed by atoms with Gasteiger partial charge in [0.05, 0.1) is 18.2 Å². The van der Waals surface area contributed by atoms with Crippen molar-refractivity contribution in [3.8, 4) is 11.1 Å². The fraction of sp³-hybridized carbons (Fsp3) is 0.346. The Hall–Kier alpha value is -3.28. The zero-order chi connectivity index (χ0) is 22.8. The second kappa shape index (κ2) is 9.07. The van der Waals surface area contributed by atoms with E-state index in [0.29, 0.717) is 18.9 Å². The highest BCUT2D eigenvalue weighted by molar-refractivity contribution is 5.80. The molecule has 0 saturated carbocycles. The van der Waals surface area contributed by atoms with Gasteiger partial charge in [0.2, 0.25) is 11.9 Å². The first-order valence-electron chi connectivity index (χ1n) is 11.0.